The summed E-state index contributed by atoms with van der Waals surface area (Å²) in [5, 5.41) is 3.30. The van der Waals surface area contributed by atoms with Crippen LogP contribution in [0, 0.1) is 6.92 Å². The van der Waals surface area contributed by atoms with Crippen molar-refractivity contribution in [2.75, 3.05) is 7.11 Å². The lowest BCUT2D eigenvalue weighted by molar-refractivity contribution is 0.0872. The first-order chi connectivity index (χ1) is 7.76. The number of aromatic nitrogens is 2. The van der Waals surface area contributed by atoms with Crippen LogP contribution >= 0.6 is 0 Å². The number of hydrogen-bond acceptors (Lipinski definition) is 4. The monoisotopic (exact) mass is 221 g/mol. The van der Waals surface area contributed by atoms with Crippen molar-refractivity contribution in [1.29, 1.82) is 0 Å². The Bertz CT molecular complexity index is 379. The van der Waals surface area contributed by atoms with Crippen molar-refractivity contribution < 1.29 is 4.74 Å². The van der Waals surface area contributed by atoms with Gasteiger partial charge in [0, 0.05) is 31.5 Å². The second kappa shape index (κ2) is 4.89. The van der Waals surface area contributed by atoms with Gasteiger partial charge < -0.3 is 10.1 Å². The van der Waals surface area contributed by atoms with Crippen LogP contribution in [0.4, 0.5) is 0 Å². The SMILES string of the molecule is CCCC(OC)c1nc(C)c2c(n1)CNC2. The highest BCUT2D eigenvalue weighted by atomic mass is 16.5. The highest BCUT2D eigenvalue weighted by molar-refractivity contribution is 5.28. The molecule has 16 heavy (non-hydrogen) atoms. The highest BCUT2D eigenvalue weighted by Gasteiger charge is 2.20. The van der Waals surface area contributed by atoms with Crippen LogP contribution in [0.1, 0.15) is 48.6 Å². The Morgan fingerprint density at radius 3 is 2.88 bits per heavy atom. The largest absolute Gasteiger partial charge is 0.373 e. The third kappa shape index (κ3) is 2.08. The van der Waals surface area contributed by atoms with E-state index >= 15 is 0 Å². The fraction of sp³-hybridized carbons (Fsp3) is 0.667. The molecule has 1 N–H and O–H groups in total. The highest BCUT2D eigenvalue weighted by Crippen LogP contribution is 2.23. The Morgan fingerprint density at radius 2 is 2.19 bits per heavy atom. The lowest BCUT2D eigenvalue weighted by atomic mass is 10.1. The summed E-state index contributed by atoms with van der Waals surface area (Å²) in [5.74, 6) is 0.837. The van der Waals surface area contributed by atoms with Gasteiger partial charge in [-0.1, -0.05) is 13.3 Å². The average Bonchev–Trinajstić information content (AvgIpc) is 2.74. The molecule has 1 aromatic heterocycles. The van der Waals surface area contributed by atoms with E-state index in [0.717, 1.165) is 43.1 Å². The van der Waals surface area contributed by atoms with E-state index in [1.165, 1.54) is 5.56 Å². The van der Waals surface area contributed by atoms with Gasteiger partial charge in [0.05, 0.1) is 5.69 Å². The fourth-order valence-corrected chi connectivity index (χ4v) is 2.12. The van der Waals surface area contributed by atoms with Gasteiger partial charge in [-0.25, -0.2) is 9.97 Å². The van der Waals surface area contributed by atoms with E-state index in [2.05, 4.69) is 29.1 Å². The molecular weight excluding hydrogens is 202 g/mol. The lowest BCUT2D eigenvalue weighted by Gasteiger charge is -2.14. The molecule has 0 aromatic carbocycles. The minimum absolute atomic E-state index is 0.0367. The molecule has 1 unspecified atom stereocenters. The maximum Gasteiger partial charge on any atom is 0.157 e. The topological polar surface area (TPSA) is 47.0 Å². The number of hydrogen-bond donors (Lipinski definition) is 1. The number of methoxy groups -OCH3 is 1. The summed E-state index contributed by atoms with van der Waals surface area (Å²) in [4.78, 5) is 9.16. The summed E-state index contributed by atoms with van der Waals surface area (Å²) < 4.78 is 5.45. The van der Waals surface area contributed by atoms with E-state index < -0.39 is 0 Å². The second-order valence-electron chi connectivity index (χ2n) is 4.21. The number of ether oxygens (including phenoxy) is 1. The summed E-state index contributed by atoms with van der Waals surface area (Å²) in [5.41, 5.74) is 3.49. The predicted octanol–water partition coefficient (Wildman–Crippen LogP) is 1.88. The Kier molecular flexibility index (Phi) is 3.51. The van der Waals surface area contributed by atoms with E-state index in [1.54, 1.807) is 7.11 Å². The van der Waals surface area contributed by atoms with Crippen LogP contribution in [-0.4, -0.2) is 17.1 Å². The van der Waals surface area contributed by atoms with E-state index in [0.29, 0.717) is 0 Å². The third-order valence-corrected chi connectivity index (χ3v) is 3.03. The Balaban J connectivity index is 2.31. The van der Waals surface area contributed by atoms with Crippen LogP contribution in [-0.2, 0) is 17.8 Å². The molecule has 0 fully saturated rings. The molecule has 0 amide bonds. The van der Waals surface area contributed by atoms with Gasteiger partial charge in [0.1, 0.15) is 6.10 Å². The van der Waals surface area contributed by atoms with E-state index in [9.17, 15) is 0 Å². The van der Waals surface area contributed by atoms with Crippen molar-refractivity contribution in [2.24, 2.45) is 0 Å². The minimum atomic E-state index is 0.0367. The number of nitrogens with zero attached hydrogens (tertiary/aromatic N) is 2. The molecule has 0 aliphatic carbocycles. The molecule has 0 saturated heterocycles. The third-order valence-electron chi connectivity index (χ3n) is 3.03. The molecule has 0 saturated carbocycles. The van der Waals surface area contributed by atoms with Crippen molar-refractivity contribution in [2.45, 2.75) is 45.9 Å². The van der Waals surface area contributed by atoms with Gasteiger partial charge in [-0.2, -0.15) is 0 Å². The smallest absolute Gasteiger partial charge is 0.157 e. The zero-order valence-corrected chi connectivity index (χ0v) is 10.2. The van der Waals surface area contributed by atoms with E-state index in [4.69, 9.17) is 4.74 Å². The molecule has 0 spiro atoms. The summed E-state index contributed by atoms with van der Waals surface area (Å²) >= 11 is 0. The number of nitrogens with one attached hydrogen (secondary N) is 1. The first-order valence-electron chi connectivity index (χ1n) is 5.86. The predicted molar refractivity (Wildman–Crippen MR) is 62.0 cm³/mol. The van der Waals surface area contributed by atoms with Crippen molar-refractivity contribution in [3.8, 4) is 0 Å². The quantitative estimate of drug-likeness (QED) is 0.843. The van der Waals surface area contributed by atoms with Crippen LogP contribution in [0.15, 0.2) is 0 Å². The summed E-state index contributed by atoms with van der Waals surface area (Å²) in [7, 11) is 1.73. The van der Waals surface area contributed by atoms with Gasteiger partial charge in [-0.05, 0) is 13.3 Å². The van der Waals surface area contributed by atoms with Crippen molar-refractivity contribution in [1.82, 2.24) is 15.3 Å². The lowest BCUT2D eigenvalue weighted by Crippen LogP contribution is -2.10. The summed E-state index contributed by atoms with van der Waals surface area (Å²) in [6, 6.07) is 0. The van der Waals surface area contributed by atoms with Crippen LogP contribution in [0.5, 0.6) is 0 Å². The van der Waals surface area contributed by atoms with Crippen LogP contribution < -0.4 is 5.32 Å². The van der Waals surface area contributed by atoms with Gasteiger partial charge in [-0.3, -0.25) is 0 Å². The molecular formula is C12H19N3O. The first-order valence-corrected chi connectivity index (χ1v) is 5.86. The molecule has 4 heteroatoms. The number of fused-ring (bicyclic) bond motifs is 1. The maximum absolute atomic E-state index is 5.45. The van der Waals surface area contributed by atoms with E-state index in [-0.39, 0.29) is 6.10 Å². The van der Waals surface area contributed by atoms with Crippen molar-refractivity contribution >= 4 is 0 Å². The van der Waals surface area contributed by atoms with Crippen molar-refractivity contribution in [3.63, 3.8) is 0 Å². The number of aryl methyl sites for hydroxylation is 1. The summed E-state index contributed by atoms with van der Waals surface area (Å²) in [6.45, 7) is 5.95. The van der Waals surface area contributed by atoms with Gasteiger partial charge in [0.2, 0.25) is 0 Å². The van der Waals surface area contributed by atoms with Gasteiger partial charge in [0.15, 0.2) is 5.82 Å². The Morgan fingerprint density at radius 1 is 1.38 bits per heavy atom. The fourth-order valence-electron chi connectivity index (χ4n) is 2.12. The standard InChI is InChI=1S/C12H19N3O/c1-4-5-11(16-3)12-14-8(2)9-6-13-7-10(9)15-12/h11,13H,4-7H2,1-3H3. The molecule has 88 valence electrons. The molecule has 1 atom stereocenters. The molecule has 2 heterocycles. The average molecular weight is 221 g/mol. The van der Waals surface area contributed by atoms with Gasteiger partial charge >= 0.3 is 0 Å². The Labute approximate surface area is 96.4 Å². The molecule has 4 nitrogen and oxygen atoms in total. The molecule has 1 aliphatic rings. The molecule has 1 aromatic rings. The molecule has 1 aliphatic heterocycles. The molecule has 2 rings (SSSR count). The van der Waals surface area contributed by atoms with Gasteiger partial charge in [-0.15, -0.1) is 0 Å². The zero-order chi connectivity index (χ0) is 11.5. The zero-order valence-electron chi connectivity index (χ0n) is 10.2. The summed E-state index contributed by atoms with van der Waals surface area (Å²) in [6.07, 6.45) is 2.09. The normalized spacial score (nSPS) is 16.2. The molecule has 0 radical (unpaired) electrons. The second-order valence-corrected chi connectivity index (χ2v) is 4.21. The van der Waals surface area contributed by atoms with Crippen LogP contribution in [0.25, 0.3) is 0 Å². The maximum atomic E-state index is 5.45. The minimum Gasteiger partial charge on any atom is -0.373 e. The van der Waals surface area contributed by atoms with E-state index in [1.807, 2.05) is 0 Å². The van der Waals surface area contributed by atoms with Crippen LogP contribution in [0.3, 0.4) is 0 Å². The number of rotatable bonds is 4. The van der Waals surface area contributed by atoms with Crippen molar-refractivity contribution in [3.05, 3.63) is 22.8 Å². The van der Waals surface area contributed by atoms with Gasteiger partial charge in [0.25, 0.3) is 0 Å². The Hall–Kier alpha value is -1.00. The first kappa shape index (κ1) is 11.5. The molecule has 0 bridgehead atoms. The van der Waals surface area contributed by atoms with Crippen LogP contribution in [0.2, 0.25) is 0 Å².